The minimum absolute atomic E-state index is 0.286. The Bertz CT molecular complexity index is 145. The van der Waals surface area contributed by atoms with E-state index in [1.807, 2.05) is 0 Å². The van der Waals surface area contributed by atoms with Crippen molar-refractivity contribution in [1.82, 2.24) is 5.32 Å². The molecule has 0 aromatic heterocycles. The van der Waals surface area contributed by atoms with Crippen LogP contribution < -0.4 is 11.1 Å². The maximum atomic E-state index is 8.89. The fourth-order valence-electron chi connectivity index (χ4n) is 1.66. The second kappa shape index (κ2) is 11.3. The van der Waals surface area contributed by atoms with E-state index < -0.39 is 0 Å². The average Bonchev–Trinajstić information content (AvgIpc) is 2.30. The lowest BCUT2D eigenvalue weighted by atomic mass is 10.1. The van der Waals surface area contributed by atoms with Gasteiger partial charge in [0.2, 0.25) is 0 Å². The number of nitrogens with one attached hydrogen (secondary N) is 1. The Morgan fingerprint density at radius 2 is 2.06 bits per heavy atom. The Morgan fingerprint density at radius 3 is 2.62 bits per heavy atom. The van der Waals surface area contributed by atoms with Gasteiger partial charge in [0.25, 0.3) is 0 Å². The summed E-state index contributed by atoms with van der Waals surface area (Å²) in [6.07, 6.45) is 4.28. The summed E-state index contributed by atoms with van der Waals surface area (Å²) in [7, 11) is 1.73. The molecule has 0 rings (SSSR count). The first-order valence-corrected chi connectivity index (χ1v) is 6.27. The zero-order chi connectivity index (χ0) is 12.2. The van der Waals surface area contributed by atoms with Gasteiger partial charge in [-0.3, -0.25) is 0 Å². The third-order valence-electron chi connectivity index (χ3n) is 2.74. The van der Waals surface area contributed by atoms with E-state index in [1.54, 1.807) is 7.11 Å². The van der Waals surface area contributed by atoms with Gasteiger partial charge < -0.3 is 20.9 Å². The van der Waals surface area contributed by atoms with Crippen molar-refractivity contribution in [2.75, 3.05) is 33.4 Å². The summed E-state index contributed by atoms with van der Waals surface area (Å²) < 4.78 is 5.16. The van der Waals surface area contributed by atoms with Gasteiger partial charge in [-0.15, -0.1) is 0 Å². The fourth-order valence-corrected chi connectivity index (χ4v) is 1.66. The van der Waals surface area contributed by atoms with Crippen molar-refractivity contribution in [2.24, 2.45) is 11.7 Å². The standard InChI is InChI=1S/C12H28N2O2/c1-11(9-15)5-4-8-14-12(10-16-2)6-3-7-13/h11-12,14-15H,3-10,13H2,1-2H3. The third-order valence-corrected chi connectivity index (χ3v) is 2.74. The summed E-state index contributed by atoms with van der Waals surface area (Å²) in [6, 6.07) is 0.415. The molecule has 98 valence electrons. The summed E-state index contributed by atoms with van der Waals surface area (Å²) in [5.41, 5.74) is 5.49. The first kappa shape index (κ1) is 15.8. The minimum atomic E-state index is 0.286. The quantitative estimate of drug-likeness (QED) is 0.460. The first-order chi connectivity index (χ1) is 7.74. The topological polar surface area (TPSA) is 67.5 Å². The summed E-state index contributed by atoms with van der Waals surface area (Å²) in [5.74, 6) is 0.409. The molecule has 0 saturated carbocycles. The Kier molecular flexibility index (Phi) is 11.2. The number of hydrogen-bond acceptors (Lipinski definition) is 4. The van der Waals surface area contributed by atoms with E-state index >= 15 is 0 Å². The summed E-state index contributed by atoms with van der Waals surface area (Å²) in [6.45, 7) is 4.83. The lowest BCUT2D eigenvalue weighted by Gasteiger charge is -2.18. The molecule has 2 atom stereocenters. The highest BCUT2D eigenvalue weighted by molar-refractivity contribution is 4.66. The van der Waals surface area contributed by atoms with Gasteiger partial charge in [-0.05, 0) is 44.7 Å². The van der Waals surface area contributed by atoms with Gasteiger partial charge in [-0.1, -0.05) is 6.92 Å². The molecule has 4 N–H and O–H groups in total. The van der Waals surface area contributed by atoms with Crippen molar-refractivity contribution in [3.05, 3.63) is 0 Å². The van der Waals surface area contributed by atoms with Crippen molar-refractivity contribution < 1.29 is 9.84 Å². The van der Waals surface area contributed by atoms with Crippen LogP contribution in [0.2, 0.25) is 0 Å². The van der Waals surface area contributed by atoms with E-state index in [2.05, 4.69) is 12.2 Å². The van der Waals surface area contributed by atoms with Crippen LogP contribution in [0.1, 0.15) is 32.6 Å². The van der Waals surface area contributed by atoms with Gasteiger partial charge in [0.05, 0.1) is 6.61 Å². The SMILES string of the molecule is COCC(CCCN)NCCCC(C)CO. The van der Waals surface area contributed by atoms with Gasteiger partial charge in [0, 0.05) is 19.8 Å². The van der Waals surface area contributed by atoms with Crippen LogP contribution in [0.3, 0.4) is 0 Å². The number of rotatable bonds is 11. The highest BCUT2D eigenvalue weighted by Crippen LogP contribution is 2.04. The number of aliphatic hydroxyl groups is 1. The molecule has 0 spiro atoms. The largest absolute Gasteiger partial charge is 0.396 e. The second-order valence-corrected chi connectivity index (χ2v) is 4.47. The van der Waals surface area contributed by atoms with E-state index in [-0.39, 0.29) is 6.61 Å². The Labute approximate surface area is 99.6 Å². The van der Waals surface area contributed by atoms with E-state index in [0.29, 0.717) is 12.0 Å². The van der Waals surface area contributed by atoms with Crippen LogP contribution in [-0.2, 0) is 4.74 Å². The second-order valence-electron chi connectivity index (χ2n) is 4.47. The number of methoxy groups -OCH3 is 1. The summed E-state index contributed by atoms with van der Waals surface area (Å²) in [5, 5.41) is 12.4. The monoisotopic (exact) mass is 232 g/mol. The van der Waals surface area contributed by atoms with Crippen LogP contribution in [0.4, 0.5) is 0 Å². The molecule has 4 heteroatoms. The number of ether oxygens (including phenoxy) is 1. The van der Waals surface area contributed by atoms with Crippen LogP contribution in [0.25, 0.3) is 0 Å². The molecule has 0 aliphatic rings. The van der Waals surface area contributed by atoms with Crippen molar-refractivity contribution in [3.8, 4) is 0 Å². The maximum Gasteiger partial charge on any atom is 0.0615 e. The average molecular weight is 232 g/mol. The zero-order valence-electron chi connectivity index (χ0n) is 10.7. The molecule has 2 unspecified atom stereocenters. The van der Waals surface area contributed by atoms with E-state index in [9.17, 15) is 0 Å². The van der Waals surface area contributed by atoms with E-state index in [1.165, 1.54) is 0 Å². The molecule has 0 aliphatic carbocycles. The van der Waals surface area contributed by atoms with Crippen LogP contribution in [0.5, 0.6) is 0 Å². The van der Waals surface area contributed by atoms with Gasteiger partial charge in [0.15, 0.2) is 0 Å². The summed E-state index contributed by atoms with van der Waals surface area (Å²) >= 11 is 0. The molecule has 0 bridgehead atoms. The molecular formula is C12H28N2O2. The first-order valence-electron chi connectivity index (χ1n) is 6.27. The van der Waals surface area contributed by atoms with Crippen LogP contribution in [-0.4, -0.2) is 44.6 Å². The minimum Gasteiger partial charge on any atom is -0.396 e. The van der Waals surface area contributed by atoms with Gasteiger partial charge in [-0.2, -0.15) is 0 Å². The highest BCUT2D eigenvalue weighted by atomic mass is 16.5. The molecule has 0 heterocycles. The van der Waals surface area contributed by atoms with Crippen molar-refractivity contribution >= 4 is 0 Å². The Balaban J connectivity index is 3.50. The van der Waals surface area contributed by atoms with Crippen LogP contribution in [0, 0.1) is 5.92 Å². The number of aliphatic hydroxyl groups excluding tert-OH is 1. The van der Waals surface area contributed by atoms with Gasteiger partial charge in [-0.25, -0.2) is 0 Å². The lowest BCUT2D eigenvalue weighted by Crippen LogP contribution is -2.34. The normalized spacial score (nSPS) is 15.0. The Hall–Kier alpha value is -0.160. The molecule has 0 fully saturated rings. The molecule has 0 aromatic rings. The molecule has 0 saturated heterocycles. The van der Waals surface area contributed by atoms with E-state index in [0.717, 1.165) is 45.4 Å². The molecule has 0 aliphatic heterocycles. The molecule has 0 aromatic carbocycles. The molecule has 4 nitrogen and oxygen atoms in total. The van der Waals surface area contributed by atoms with Crippen molar-refractivity contribution in [3.63, 3.8) is 0 Å². The van der Waals surface area contributed by atoms with Crippen molar-refractivity contribution in [1.29, 1.82) is 0 Å². The predicted molar refractivity (Wildman–Crippen MR) is 67.4 cm³/mol. The smallest absolute Gasteiger partial charge is 0.0615 e. The third kappa shape index (κ3) is 9.09. The van der Waals surface area contributed by atoms with E-state index in [4.69, 9.17) is 15.6 Å². The van der Waals surface area contributed by atoms with Crippen LogP contribution >= 0.6 is 0 Å². The zero-order valence-corrected chi connectivity index (χ0v) is 10.7. The molecule has 16 heavy (non-hydrogen) atoms. The fraction of sp³-hybridized carbons (Fsp3) is 1.00. The number of nitrogens with two attached hydrogens (primary N) is 1. The lowest BCUT2D eigenvalue weighted by molar-refractivity contribution is 0.160. The Morgan fingerprint density at radius 1 is 1.31 bits per heavy atom. The van der Waals surface area contributed by atoms with Gasteiger partial charge >= 0.3 is 0 Å². The maximum absolute atomic E-state index is 8.89. The summed E-state index contributed by atoms with van der Waals surface area (Å²) in [4.78, 5) is 0. The van der Waals surface area contributed by atoms with Gasteiger partial charge in [0.1, 0.15) is 0 Å². The molecular weight excluding hydrogens is 204 g/mol. The van der Waals surface area contributed by atoms with Crippen LogP contribution in [0.15, 0.2) is 0 Å². The molecule has 0 amide bonds. The molecule has 0 radical (unpaired) electrons. The van der Waals surface area contributed by atoms with Crippen molar-refractivity contribution in [2.45, 2.75) is 38.6 Å². The highest BCUT2D eigenvalue weighted by Gasteiger charge is 2.07. The predicted octanol–water partition coefficient (Wildman–Crippen LogP) is 0.739. The number of hydrogen-bond donors (Lipinski definition) is 3.